The molecule has 1 saturated carbocycles. The average molecular weight is 297 g/mol. The molecule has 1 fully saturated rings. The Morgan fingerprint density at radius 3 is 2.40 bits per heavy atom. The molecule has 0 unspecified atom stereocenters. The van der Waals surface area contributed by atoms with Gasteiger partial charge in [-0.15, -0.1) is 0 Å². The van der Waals surface area contributed by atoms with E-state index in [1.165, 1.54) is 6.26 Å². The Morgan fingerprint density at radius 1 is 1.20 bits per heavy atom. The fraction of sp³-hybridized carbons (Fsp3) is 0.600. The lowest BCUT2D eigenvalue weighted by molar-refractivity contribution is 0.0682. The fourth-order valence-electron chi connectivity index (χ4n) is 2.65. The highest BCUT2D eigenvalue weighted by molar-refractivity contribution is 7.90. The third kappa shape index (κ3) is 3.73. The average Bonchev–Trinajstić information content (AvgIpc) is 2.41. The summed E-state index contributed by atoms with van der Waals surface area (Å²) in [6.45, 7) is 2.00. The van der Waals surface area contributed by atoms with Crippen molar-refractivity contribution in [1.82, 2.24) is 0 Å². The summed E-state index contributed by atoms with van der Waals surface area (Å²) >= 11 is 0. The molecule has 1 aliphatic rings. The maximum atomic E-state index is 11.6. The van der Waals surface area contributed by atoms with Crippen LogP contribution in [0.5, 0.6) is 0 Å². The lowest BCUT2D eigenvalue weighted by Gasteiger charge is -2.29. The second kappa shape index (κ2) is 6.14. The Hall–Kier alpha value is -1.07. The van der Waals surface area contributed by atoms with Gasteiger partial charge in [-0.05, 0) is 50.3 Å². The largest absolute Gasteiger partial charge is 0.382 e. The van der Waals surface area contributed by atoms with Gasteiger partial charge in [-0.3, -0.25) is 0 Å². The first kappa shape index (κ1) is 15.3. The summed E-state index contributed by atoms with van der Waals surface area (Å²) in [5.41, 5.74) is 2.00. The van der Waals surface area contributed by atoms with Gasteiger partial charge in [0.15, 0.2) is 9.84 Å². The number of ether oxygens (including phenoxy) is 1. The molecule has 0 aliphatic heterocycles. The highest BCUT2D eigenvalue weighted by Crippen LogP contribution is 2.26. The van der Waals surface area contributed by atoms with Crippen molar-refractivity contribution >= 4 is 15.5 Å². The minimum absolute atomic E-state index is 0.371. The van der Waals surface area contributed by atoms with Crippen LogP contribution in [-0.4, -0.2) is 33.9 Å². The number of hydrogen-bond acceptors (Lipinski definition) is 4. The van der Waals surface area contributed by atoms with Crippen molar-refractivity contribution in [3.8, 4) is 0 Å². The monoisotopic (exact) mass is 297 g/mol. The van der Waals surface area contributed by atoms with Crippen LogP contribution in [0.2, 0.25) is 0 Å². The van der Waals surface area contributed by atoms with E-state index in [0.29, 0.717) is 17.0 Å². The van der Waals surface area contributed by atoms with Crippen molar-refractivity contribution in [2.75, 3.05) is 18.7 Å². The van der Waals surface area contributed by atoms with Crippen molar-refractivity contribution < 1.29 is 13.2 Å². The van der Waals surface area contributed by atoms with Crippen LogP contribution in [-0.2, 0) is 14.6 Å². The zero-order chi connectivity index (χ0) is 14.8. The van der Waals surface area contributed by atoms with E-state index in [1.54, 1.807) is 19.2 Å². The van der Waals surface area contributed by atoms with Crippen molar-refractivity contribution in [2.45, 2.75) is 49.6 Å². The first-order valence-corrected chi connectivity index (χ1v) is 8.89. The van der Waals surface area contributed by atoms with Crippen LogP contribution in [0.1, 0.15) is 31.2 Å². The molecular formula is C15H23NO3S. The van der Waals surface area contributed by atoms with Crippen LogP contribution in [0.15, 0.2) is 23.1 Å². The van der Waals surface area contributed by atoms with Gasteiger partial charge >= 0.3 is 0 Å². The van der Waals surface area contributed by atoms with E-state index in [9.17, 15) is 8.42 Å². The molecule has 4 nitrogen and oxygen atoms in total. The lowest BCUT2D eigenvalue weighted by atomic mass is 9.92. The fourth-order valence-corrected chi connectivity index (χ4v) is 3.30. The number of hydrogen-bond donors (Lipinski definition) is 1. The molecule has 1 aromatic carbocycles. The zero-order valence-electron chi connectivity index (χ0n) is 12.3. The smallest absolute Gasteiger partial charge is 0.175 e. The van der Waals surface area contributed by atoms with Crippen LogP contribution < -0.4 is 5.32 Å². The van der Waals surface area contributed by atoms with E-state index < -0.39 is 9.84 Å². The number of methoxy groups -OCH3 is 1. The number of benzene rings is 1. The van der Waals surface area contributed by atoms with Crippen molar-refractivity contribution in [1.29, 1.82) is 0 Å². The predicted molar refractivity (Wildman–Crippen MR) is 81.0 cm³/mol. The van der Waals surface area contributed by atoms with Crippen LogP contribution in [0.25, 0.3) is 0 Å². The van der Waals surface area contributed by atoms with Gasteiger partial charge in [0.05, 0.1) is 11.0 Å². The van der Waals surface area contributed by atoms with Crippen LogP contribution >= 0.6 is 0 Å². The van der Waals surface area contributed by atoms with Gasteiger partial charge in [0.25, 0.3) is 0 Å². The highest BCUT2D eigenvalue weighted by Gasteiger charge is 2.21. The summed E-state index contributed by atoms with van der Waals surface area (Å²) in [5.74, 6) is 0. The van der Waals surface area contributed by atoms with E-state index in [1.807, 2.05) is 13.0 Å². The molecular weight excluding hydrogens is 274 g/mol. The summed E-state index contributed by atoms with van der Waals surface area (Å²) < 4.78 is 28.6. The number of aryl methyl sites for hydroxylation is 1. The molecule has 0 aromatic heterocycles. The first-order chi connectivity index (χ1) is 9.40. The number of rotatable bonds is 4. The van der Waals surface area contributed by atoms with Crippen molar-refractivity contribution in [3.63, 3.8) is 0 Å². The molecule has 0 spiro atoms. The van der Waals surface area contributed by atoms with E-state index in [0.717, 1.165) is 36.9 Å². The summed E-state index contributed by atoms with van der Waals surface area (Å²) in [7, 11) is -1.39. The molecule has 1 N–H and O–H groups in total. The van der Waals surface area contributed by atoms with Crippen LogP contribution in [0.3, 0.4) is 0 Å². The molecule has 1 aliphatic carbocycles. The maximum Gasteiger partial charge on any atom is 0.175 e. The third-order valence-electron chi connectivity index (χ3n) is 4.00. The number of nitrogens with one attached hydrogen (secondary N) is 1. The van der Waals surface area contributed by atoms with Gasteiger partial charge in [-0.25, -0.2) is 8.42 Å². The lowest BCUT2D eigenvalue weighted by Crippen LogP contribution is -2.29. The molecule has 5 heteroatoms. The molecule has 2 rings (SSSR count). The minimum atomic E-state index is -3.16. The zero-order valence-corrected chi connectivity index (χ0v) is 13.2. The third-order valence-corrected chi connectivity index (χ3v) is 5.11. The molecule has 0 heterocycles. The molecule has 112 valence electrons. The standard InChI is InChI=1S/C15H23NO3S/c1-11-4-9-14(20(3,17)18)10-15(11)16-12-5-7-13(19-2)8-6-12/h4,9-10,12-13,16H,5-8H2,1-3H3. The Morgan fingerprint density at radius 2 is 1.85 bits per heavy atom. The minimum Gasteiger partial charge on any atom is -0.382 e. The molecule has 0 amide bonds. The Balaban J connectivity index is 2.10. The van der Waals surface area contributed by atoms with Gasteiger partial charge in [0.2, 0.25) is 0 Å². The van der Waals surface area contributed by atoms with E-state index in [-0.39, 0.29) is 0 Å². The first-order valence-electron chi connectivity index (χ1n) is 7.00. The normalized spacial score (nSPS) is 23.6. The van der Waals surface area contributed by atoms with Gasteiger partial charge in [0, 0.05) is 25.1 Å². The Labute approximate surface area is 121 Å². The van der Waals surface area contributed by atoms with Gasteiger partial charge in [0.1, 0.15) is 0 Å². The highest BCUT2D eigenvalue weighted by atomic mass is 32.2. The Kier molecular flexibility index (Phi) is 4.70. The molecule has 1 aromatic rings. The van der Waals surface area contributed by atoms with Crippen molar-refractivity contribution in [2.24, 2.45) is 0 Å². The van der Waals surface area contributed by atoms with Gasteiger partial charge < -0.3 is 10.1 Å². The number of sulfone groups is 1. The second-order valence-electron chi connectivity index (χ2n) is 5.60. The molecule has 20 heavy (non-hydrogen) atoms. The quantitative estimate of drug-likeness (QED) is 0.928. The van der Waals surface area contributed by atoms with Crippen LogP contribution in [0, 0.1) is 6.92 Å². The van der Waals surface area contributed by atoms with Crippen molar-refractivity contribution in [3.05, 3.63) is 23.8 Å². The number of anilines is 1. The molecule has 0 bridgehead atoms. The van der Waals surface area contributed by atoms with Crippen LogP contribution in [0.4, 0.5) is 5.69 Å². The summed E-state index contributed by atoms with van der Waals surface area (Å²) in [6.07, 6.45) is 5.84. The molecule has 0 atom stereocenters. The van der Waals surface area contributed by atoms with E-state index in [2.05, 4.69) is 5.32 Å². The topological polar surface area (TPSA) is 55.4 Å². The molecule has 0 saturated heterocycles. The van der Waals surface area contributed by atoms with Gasteiger partial charge in [-0.2, -0.15) is 0 Å². The SMILES string of the molecule is COC1CCC(Nc2cc(S(C)(=O)=O)ccc2C)CC1. The summed E-state index contributed by atoms with van der Waals surface area (Å²) in [6, 6.07) is 5.67. The van der Waals surface area contributed by atoms with E-state index >= 15 is 0 Å². The maximum absolute atomic E-state index is 11.6. The molecule has 0 radical (unpaired) electrons. The van der Waals surface area contributed by atoms with Gasteiger partial charge in [-0.1, -0.05) is 6.07 Å². The summed E-state index contributed by atoms with van der Waals surface area (Å²) in [5, 5.41) is 3.49. The second-order valence-corrected chi connectivity index (χ2v) is 7.62. The predicted octanol–water partition coefficient (Wildman–Crippen LogP) is 2.77. The van der Waals surface area contributed by atoms with E-state index in [4.69, 9.17) is 4.74 Å². The summed E-state index contributed by atoms with van der Waals surface area (Å²) in [4.78, 5) is 0.371. The Bertz CT molecular complexity index is 560.